The van der Waals surface area contributed by atoms with Crippen LogP contribution in [-0.2, 0) is 11.8 Å². The highest BCUT2D eigenvalue weighted by atomic mass is 16.5. The lowest BCUT2D eigenvalue weighted by atomic mass is 10.0. The molecule has 2 aromatic heterocycles. The van der Waals surface area contributed by atoms with E-state index in [0.717, 1.165) is 24.4 Å². The number of hydrogen-bond acceptors (Lipinski definition) is 7. The number of aromatic nitrogens is 4. The van der Waals surface area contributed by atoms with Crippen LogP contribution in [0, 0.1) is 0 Å². The van der Waals surface area contributed by atoms with E-state index in [1.54, 1.807) is 31.1 Å². The summed E-state index contributed by atoms with van der Waals surface area (Å²) >= 11 is 0. The van der Waals surface area contributed by atoms with Gasteiger partial charge in [-0.2, -0.15) is 0 Å². The van der Waals surface area contributed by atoms with E-state index in [-0.39, 0.29) is 11.9 Å². The van der Waals surface area contributed by atoms with E-state index in [1.165, 1.54) is 0 Å². The zero-order chi connectivity index (χ0) is 20.2. The first kappa shape index (κ1) is 19.3. The average Bonchev–Trinajstić information content (AvgIpc) is 3.15. The Hall–Kier alpha value is -3.04. The van der Waals surface area contributed by atoms with Crippen LogP contribution in [0.1, 0.15) is 22.0 Å². The molecule has 0 radical (unpaired) electrons. The van der Waals surface area contributed by atoms with Gasteiger partial charge >= 0.3 is 0 Å². The number of rotatable bonds is 6. The van der Waals surface area contributed by atoms with Crippen LogP contribution in [0.4, 0.5) is 0 Å². The molecule has 0 unspecified atom stereocenters. The third kappa shape index (κ3) is 4.20. The summed E-state index contributed by atoms with van der Waals surface area (Å²) in [6.45, 7) is 3.49. The number of fused-ring (bicyclic) bond motifs is 1. The lowest BCUT2D eigenvalue weighted by Gasteiger charge is -2.35. The summed E-state index contributed by atoms with van der Waals surface area (Å²) in [6, 6.07) is 9.72. The summed E-state index contributed by atoms with van der Waals surface area (Å²) in [6.07, 6.45) is 1.55. The molecule has 1 aromatic carbocycles. The third-order valence-corrected chi connectivity index (χ3v) is 5.15. The fourth-order valence-corrected chi connectivity index (χ4v) is 3.52. The molecule has 1 atom stereocenters. The van der Waals surface area contributed by atoms with Crippen molar-refractivity contribution in [1.82, 2.24) is 30.2 Å². The van der Waals surface area contributed by atoms with E-state index in [4.69, 9.17) is 9.47 Å². The fraction of sp³-hybridized carbons (Fsp3) is 0.400. The second-order valence-electron chi connectivity index (χ2n) is 6.93. The number of aryl methyl sites for hydroxylation is 1. The van der Waals surface area contributed by atoms with E-state index in [1.807, 2.05) is 24.3 Å². The fourth-order valence-electron chi connectivity index (χ4n) is 3.52. The number of nitrogens with zero attached hydrogens (tertiary/aromatic N) is 5. The molecule has 1 aliphatic heterocycles. The molecule has 9 nitrogen and oxygen atoms in total. The minimum Gasteiger partial charge on any atom is -0.497 e. The third-order valence-electron chi connectivity index (χ3n) is 5.15. The van der Waals surface area contributed by atoms with Gasteiger partial charge in [-0.1, -0.05) is 17.3 Å². The lowest BCUT2D eigenvalue weighted by molar-refractivity contribution is 0.0162. The van der Waals surface area contributed by atoms with Crippen molar-refractivity contribution < 1.29 is 14.3 Å². The molecule has 152 valence electrons. The summed E-state index contributed by atoms with van der Waals surface area (Å²) in [7, 11) is 3.42. The van der Waals surface area contributed by atoms with Gasteiger partial charge in [0, 0.05) is 32.9 Å². The second kappa shape index (κ2) is 8.54. The van der Waals surface area contributed by atoms with Crippen molar-refractivity contribution in [2.24, 2.45) is 7.05 Å². The van der Waals surface area contributed by atoms with Gasteiger partial charge in [0.15, 0.2) is 5.65 Å². The number of amides is 1. The van der Waals surface area contributed by atoms with E-state index < -0.39 is 0 Å². The largest absolute Gasteiger partial charge is 0.497 e. The van der Waals surface area contributed by atoms with Crippen molar-refractivity contribution in [2.45, 2.75) is 6.04 Å². The molecule has 0 aliphatic carbocycles. The van der Waals surface area contributed by atoms with Gasteiger partial charge in [-0.3, -0.25) is 9.69 Å². The van der Waals surface area contributed by atoms with E-state index in [0.29, 0.717) is 36.5 Å². The topological polar surface area (TPSA) is 94.4 Å². The first-order chi connectivity index (χ1) is 14.2. The Morgan fingerprint density at radius 2 is 2.03 bits per heavy atom. The number of carbonyl (C=O) groups excluding carboxylic acids is 1. The first-order valence-corrected chi connectivity index (χ1v) is 9.55. The molecular weight excluding hydrogens is 372 g/mol. The van der Waals surface area contributed by atoms with Crippen LogP contribution in [0.2, 0.25) is 0 Å². The number of nitrogens with one attached hydrogen (secondary N) is 1. The van der Waals surface area contributed by atoms with Crippen molar-refractivity contribution >= 4 is 17.1 Å². The number of benzene rings is 1. The Labute approximate surface area is 168 Å². The van der Waals surface area contributed by atoms with E-state index >= 15 is 0 Å². The summed E-state index contributed by atoms with van der Waals surface area (Å²) < 4.78 is 12.3. The molecule has 0 bridgehead atoms. The van der Waals surface area contributed by atoms with E-state index in [9.17, 15) is 4.79 Å². The predicted molar refractivity (Wildman–Crippen MR) is 107 cm³/mol. The minimum absolute atomic E-state index is 0.0435. The summed E-state index contributed by atoms with van der Waals surface area (Å²) in [5.74, 6) is 0.624. The molecule has 3 heterocycles. The van der Waals surface area contributed by atoms with Crippen molar-refractivity contribution in [2.75, 3.05) is 40.0 Å². The number of morpholine rings is 1. The average molecular weight is 396 g/mol. The summed E-state index contributed by atoms with van der Waals surface area (Å²) in [4.78, 5) is 19.4. The highest BCUT2D eigenvalue weighted by Crippen LogP contribution is 2.24. The van der Waals surface area contributed by atoms with Crippen LogP contribution in [0.3, 0.4) is 0 Å². The smallest absolute Gasteiger partial charge is 0.252 e. The van der Waals surface area contributed by atoms with Gasteiger partial charge in [0.1, 0.15) is 11.3 Å². The zero-order valence-corrected chi connectivity index (χ0v) is 16.5. The molecule has 1 fully saturated rings. The van der Waals surface area contributed by atoms with Crippen LogP contribution in [0.25, 0.3) is 11.2 Å². The molecule has 1 N–H and O–H groups in total. The van der Waals surface area contributed by atoms with Gasteiger partial charge in [0.25, 0.3) is 5.91 Å². The predicted octanol–water partition coefficient (Wildman–Crippen LogP) is 1.18. The van der Waals surface area contributed by atoms with Crippen LogP contribution in [0.15, 0.2) is 36.5 Å². The Morgan fingerprint density at radius 1 is 1.28 bits per heavy atom. The van der Waals surface area contributed by atoms with Gasteiger partial charge in [0.2, 0.25) is 0 Å². The maximum absolute atomic E-state index is 12.7. The molecule has 29 heavy (non-hydrogen) atoms. The van der Waals surface area contributed by atoms with Crippen molar-refractivity contribution in [3.63, 3.8) is 0 Å². The van der Waals surface area contributed by atoms with Crippen molar-refractivity contribution in [3.8, 4) is 5.75 Å². The monoisotopic (exact) mass is 396 g/mol. The summed E-state index contributed by atoms with van der Waals surface area (Å²) in [5.41, 5.74) is 2.83. The van der Waals surface area contributed by atoms with E-state index in [2.05, 4.69) is 25.5 Å². The van der Waals surface area contributed by atoms with Gasteiger partial charge in [-0.15, -0.1) is 5.10 Å². The van der Waals surface area contributed by atoms with Crippen LogP contribution >= 0.6 is 0 Å². The number of carbonyl (C=O) groups is 1. The molecule has 1 aliphatic rings. The van der Waals surface area contributed by atoms with Gasteiger partial charge in [-0.05, 0) is 23.8 Å². The molecule has 4 rings (SSSR count). The number of methoxy groups -OCH3 is 1. The zero-order valence-electron chi connectivity index (χ0n) is 16.5. The Balaban J connectivity index is 1.50. The molecule has 9 heteroatoms. The Bertz CT molecular complexity index is 982. The molecule has 0 spiro atoms. The quantitative estimate of drug-likeness (QED) is 0.668. The molecular formula is C20H24N6O3. The number of hydrogen-bond donors (Lipinski definition) is 1. The van der Waals surface area contributed by atoms with Crippen molar-refractivity contribution in [3.05, 3.63) is 47.7 Å². The molecule has 1 saturated heterocycles. The number of pyridine rings is 1. The van der Waals surface area contributed by atoms with Crippen LogP contribution in [-0.4, -0.2) is 70.7 Å². The standard InChI is InChI=1S/C20H24N6O3/c1-25-19-17(23-24-25)11-15(12-21-19)20(27)22-13-18(26-7-9-29-10-8-26)14-3-5-16(28-2)6-4-14/h3-6,11-12,18H,7-10,13H2,1-2H3,(H,22,27)/t18-/m0/s1. The first-order valence-electron chi connectivity index (χ1n) is 9.55. The highest BCUT2D eigenvalue weighted by molar-refractivity contribution is 5.96. The van der Waals surface area contributed by atoms with Crippen LogP contribution < -0.4 is 10.1 Å². The van der Waals surface area contributed by atoms with Crippen molar-refractivity contribution in [1.29, 1.82) is 0 Å². The maximum atomic E-state index is 12.7. The van der Waals surface area contributed by atoms with Gasteiger partial charge in [0.05, 0.1) is 31.9 Å². The number of ether oxygens (including phenoxy) is 2. The van der Waals surface area contributed by atoms with Gasteiger partial charge in [-0.25, -0.2) is 9.67 Å². The minimum atomic E-state index is -0.183. The second-order valence-corrected chi connectivity index (χ2v) is 6.93. The van der Waals surface area contributed by atoms with Gasteiger partial charge < -0.3 is 14.8 Å². The molecule has 3 aromatic rings. The SMILES string of the molecule is COc1ccc([C@H](CNC(=O)c2cnc3c(c2)nnn3C)N2CCOCC2)cc1. The Morgan fingerprint density at radius 3 is 2.76 bits per heavy atom. The molecule has 0 saturated carbocycles. The highest BCUT2D eigenvalue weighted by Gasteiger charge is 2.23. The Kier molecular flexibility index (Phi) is 5.68. The maximum Gasteiger partial charge on any atom is 0.252 e. The lowest BCUT2D eigenvalue weighted by Crippen LogP contribution is -2.43. The normalized spacial score (nSPS) is 15.9. The van der Waals surface area contributed by atoms with Crippen LogP contribution in [0.5, 0.6) is 5.75 Å². The molecule has 1 amide bonds. The summed E-state index contributed by atoms with van der Waals surface area (Å²) in [5, 5.41) is 11.0.